The van der Waals surface area contributed by atoms with Crippen LogP contribution in [0.25, 0.3) is 0 Å². The molecule has 88 valence electrons. The number of carbonyl (C=O) groups is 1. The van der Waals surface area contributed by atoms with Gasteiger partial charge in [-0.2, -0.15) is 0 Å². The first-order valence-corrected chi connectivity index (χ1v) is 6.01. The zero-order valence-electron chi connectivity index (χ0n) is 10.2. The average Bonchev–Trinajstić information content (AvgIpc) is 1.94. The highest BCUT2D eigenvalue weighted by Gasteiger charge is 2.35. The van der Waals surface area contributed by atoms with E-state index in [1.807, 2.05) is 13.8 Å². The predicted molar refractivity (Wildman–Crippen MR) is 61.5 cm³/mol. The highest BCUT2D eigenvalue weighted by Crippen LogP contribution is 2.41. The van der Waals surface area contributed by atoms with Crippen molar-refractivity contribution in [3.63, 3.8) is 0 Å². The first-order valence-electron chi connectivity index (χ1n) is 5.13. The van der Waals surface area contributed by atoms with Gasteiger partial charge in [0.15, 0.2) is 8.46 Å². The van der Waals surface area contributed by atoms with E-state index < -0.39 is 5.97 Å². The molecule has 0 aliphatic rings. The van der Waals surface area contributed by atoms with Crippen LogP contribution in [0.1, 0.15) is 47.5 Å². The number of carboxylic acids is 1. The Hall–Kier alpha value is -0.430. The van der Waals surface area contributed by atoms with Crippen LogP contribution in [0.4, 0.5) is 0 Å². The van der Waals surface area contributed by atoms with Crippen molar-refractivity contribution in [3.05, 3.63) is 0 Å². The fourth-order valence-corrected chi connectivity index (χ4v) is 2.71. The van der Waals surface area contributed by atoms with Crippen LogP contribution in [0.5, 0.6) is 0 Å². The van der Waals surface area contributed by atoms with Gasteiger partial charge in [0.05, 0.1) is 12.1 Å². The van der Waals surface area contributed by atoms with Gasteiger partial charge in [0.1, 0.15) is 0 Å². The fourth-order valence-electron chi connectivity index (χ4n) is 2.11. The Morgan fingerprint density at radius 2 is 1.73 bits per heavy atom. The Labute approximate surface area is 93.5 Å². The largest absolute Gasteiger partial charge is 0.481 e. The molecule has 1 atom stereocenters. The molecule has 0 radical (unpaired) electrons. The molecule has 0 aromatic rings. The summed E-state index contributed by atoms with van der Waals surface area (Å²) in [5, 5.41) is 8.73. The van der Waals surface area contributed by atoms with Gasteiger partial charge < -0.3 is 5.11 Å². The van der Waals surface area contributed by atoms with E-state index in [1.165, 1.54) is 0 Å². The van der Waals surface area contributed by atoms with E-state index in [0.717, 1.165) is 6.42 Å². The molecule has 0 aromatic heterocycles. The van der Waals surface area contributed by atoms with E-state index >= 15 is 0 Å². The average molecular weight is 232 g/mol. The van der Waals surface area contributed by atoms with Crippen LogP contribution >= 0.6 is 8.46 Å². The molecule has 0 spiro atoms. The Morgan fingerprint density at radius 1 is 1.27 bits per heavy atom. The Balaban J connectivity index is 4.65. The van der Waals surface area contributed by atoms with Crippen LogP contribution in [0.2, 0.25) is 0 Å². The molecule has 0 saturated carbocycles. The minimum Gasteiger partial charge on any atom is -0.481 e. The van der Waals surface area contributed by atoms with E-state index in [2.05, 4.69) is 20.8 Å². The van der Waals surface area contributed by atoms with E-state index in [-0.39, 0.29) is 31.4 Å². The molecule has 4 heteroatoms. The molecule has 0 fully saturated rings. The lowest BCUT2D eigenvalue weighted by Crippen LogP contribution is -2.31. The second kappa shape index (κ2) is 5.07. The van der Waals surface area contributed by atoms with E-state index in [0.29, 0.717) is 0 Å². The maximum absolute atomic E-state index is 11.0. The molecule has 0 unspecified atom stereocenters. The normalized spacial score (nSPS) is 15.3. The van der Waals surface area contributed by atoms with Crippen molar-refractivity contribution in [1.82, 2.24) is 0 Å². The molecular weight excluding hydrogens is 211 g/mol. The lowest BCUT2D eigenvalue weighted by molar-refractivity contribution is -0.137. The maximum Gasteiger partial charge on any atom is 0.304 e. The van der Waals surface area contributed by atoms with Crippen LogP contribution in [-0.2, 0) is 9.36 Å². The van der Waals surface area contributed by atoms with Crippen molar-refractivity contribution >= 4 is 14.4 Å². The predicted octanol–water partition coefficient (Wildman–Crippen LogP) is 3.58. The molecule has 0 aromatic carbocycles. The standard InChI is InChI=1S/C11H21O3P/c1-10(2,3)7-11(4,5)8(15-14)6-9(12)13/h8H,6-7H2,1-5H3,(H,12,13)/t8-/m1/s1. The Kier molecular flexibility index (Phi) is 4.92. The van der Waals surface area contributed by atoms with E-state index in [1.54, 1.807) is 0 Å². The Morgan fingerprint density at radius 3 is 2.00 bits per heavy atom. The van der Waals surface area contributed by atoms with Gasteiger partial charge >= 0.3 is 5.97 Å². The minimum atomic E-state index is -0.884. The minimum absolute atomic E-state index is 0.0336. The van der Waals surface area contributed by atoms with Gasteiger partial charge in [-0.25, -0.2) is 0 Å². The maximum atomic E-state index is 11.0. The van der Waals surface area contributed by atoms with Crippen molar-refractivity contribution in [1.29, 1.82) is 0 Å². The molecule has 0 bridgehead atoms. The number of carboxylic acid groups (broad SMARTS) is 1. The third kappa shape index (κ3) is 5.88. The molecule has 0 aliphatic carbocycles. The summed E-state index contributed by atoms with van der Waals surface area (Å²) in [5.41, 5.74) is -0.417. The van der Waals surface area contributed by atoms with Crippen molar-refractivity contribution < 1.29 is 14.5 Å². The lowest BCUT2D eigenvalue weighted by Gasteiger charge is -2.35. The highest BCUT2D eigenvalue weighted by molar-refractivity contribution is 7.24. The third-order valence-electron chi connectivity index (χ3n) is 2.38. The van der Waals surface area contributed by atoms with Gasteiger partial charge in [-0.3, -0.25) is 9.36 Å². The number of hydrogen-bond acceptors (Lipinski definition) is 2. The van der Waals surface area contributed by atoms with Gasteiger partial charge in [-0.05, 0) is 17.3 Å². The molecule has 3 nitrogen and oxygen atoms in total. The molecule has 0 heterocycles. The van der Waals surface area contributed by atoms with Crippen molar-refractivity contribution in [3.8, 4) is 0 Å². The third-order valence-corrected chi connectivity index (χ3v) is 3.52. The zero-order valence-corrected chi connectivity index (χ0v) is 11.1. The first kappa shape index (κ1) is 14.6. The molecule has 15 heavy (non-hydrogen) atoms. The molecule has 0 saturated heterocycles. The summed E-state index contributed by atoms with van der Waals surface area (Å²) >= 11 is 0. The fraction of sp³-hybridized carbons (Fsp3) is 0.909. The van der Waals surface area contributed by atoms with Crippen LogP contribution < -0.4 is 0 Å². The SMILES string of the molecule is CC(C)(C)CC(C)(C)[C@@H](CC(=O)O)P=O. The van der Waals surface area contributed by atoms with Crippen molar-refractivity contribution in [2.75, 3.05) is 0 Å². The lowest BCUT2D eigenvalue weighted by atomic mass is 9.73. The van der Waals surface area contributed by atoms with E-state index in [4.69, 9.17) is 5.11 Å². The summed E-state index contributed by atoms with van der Waals surface area (Å²) < 4.78 is 11.0. The Bertz CT molecular complexity index is 241. The summed E-state index contributed by atoms with van der Waals surface area (Å²) in [5.74, 6) is -0.884. The van der Waals surface area contributed by atoms with Gasteiger partial charge in [-0.1, -0.05) is 34.6 Å². The van der Waals surface area contributed by atoms with Crippen LogP contribution in [0.15, 0.2) is 0 Å². The monoisotopic (exact) mass is 232 g/mol. The summed E-state index contributed by atoms with van der Waals surface area (Å²) in [4.78, 5) is 10.6. The number of rotatable bonds is 5. The first-order chi connectivity index (χ1) is 6.58. The number of hydrogen-bond donors (Lipinski definition) is 1. The van der Waals surface area contributed by atoms with Crippen LogP contribution in [0, 0.1) is 10.8 Å². The smallest absolute Gasteiger partial charge is 0.304 e. The quantitative estimate of drug-likeness (QED) is 0.737. The second-order valence-corrected chi connectivity index (χ2v) is 6.78. The van der Waals surface area contributed by atoms with E-state index in [9.17, 15) is 9.36 Å². The van der Waals surface area contributed by atoms with Crippen molar-refractivity contribution in [2.45, 2.75) is 53.1 Å². The van der Waals surface area contributed by atoms with Gasteiger partial charge in [-0.15, -0.1) is 0 Å². The summed E-state index contributed by atoms with van der Waals surface area (Å²) in [6.45, 7) is 10.3. The summed E-state index contributed by atoms with van der Waals surface area (Å²) in [6, 6.07) is 0. The number of aliphatic carboxylic acids is 1. The molecule has 0 amide bonds. The highest BCUT2D eigenvalue weighted by atomic mass is 31.1. The zero-order chi connectivity index (χ0) is 12.3. The molecule has 0 rings (SSSR count). The van der Waals surface area contributed by atoms with Gasteiger partial charge in [0.2, 0.25) is 0 Å². The molecular formula is C11H21O3P. The van der Waals surface area contributed by atoms with Crippen LogP contribution in [0.3, 0.4) is 0 Å². The summed E-state index contributed by atoms with van der Waals surface area (Å²) in [6.07, 6.45) is 0.821. The van der Waals surface area contributed by atoms with Gasteiger partial charge in [0, 0.05) is 0 Å². The second-order valence-electron chi connectivity index (χ2n) is 5.95. The van der Waals surface area contributed by atoms with Gasteiger partial charge in [0.25, 0.3) is 0 Å². The molecule has 0 aliphatic heterocycles. The summed E-state index contributed by atoms with van der Waals surface area (Å²) in [7, 11) is -0.0684. The van der Waals surface area contributed by atoms with Crippen LogP contribution in [-0.4, -0.2) is 16.7 Å². The topological polar surface area (TPSA) is 54.4 Å². The van der Waals surface area contributed by atoms with Crippen molar-refractivity contribution in [2.24, 2.45) is 10.8 Å². The molecule has 1 N–H and O–H groups in total.